The molecule has 19 heavy (non-hydrogen) atoms. The van der Waals surface area contributed by atoms with Crippen molar-refractivity contribution >= 4 is 5.91 Å². The first kappa shape index (κ1) is 14.1. The monoisotopic (exact) mass is 260 g/mol. The van der Waals surface area contributed by atoms with E-state index in [1.165, 1.54) is 37.7 Å². The lowest BCUT2D eigenvalue weighted by atomic mass is 9.80. The Kier molecular flexibility index (Phi) is 4.25. The van der Waals surface area contributed by atoms with E-state index in [1.54, 1.807) is 0 Å². The fraction of sp³-hybridized carbons (Fsp3) is 0.562. The SMILES string of the molecule is CC(C)(C(=O)NN)c1ccc(C2CCCCC2)cc1. The predicted octanol–water partition coefficient (Wildman–Crippen LogP) is 3.00. The van der Waals surface area contributed by atoms with Crippen LogP contribution >= 0.6 is 0 Å². The third kappa shape index (κ3) is 2.98. The largest absolute Gasteiger partial charge is 0.294 e. The van der Waals surface area contributed by atoms with Crippen LogP contribution in [-0.4, -0.2) is 5.91 Å². The number of carbonyl (C=O) groups is 1. The summed E-state index contributed by atoms with van der Waals surface area (Å²) in [5.41, 5.74) is 4.08. The number of hydrazine groups is 1. The van der Waals surface area contributed by atoms with E-state index in [0.29, 0.717) is 5.92 Å². The van der Waals surface area contributed by atoms with Crippen molar-refractivity contribution in [3.8, 4) is 0 Å². The Morgan fingerprint density at radius 1 is 1.16 bits per heavy atom. The number of nitrogens with two attached hydrogens (primary N) is 1. The Bertz CT molecular complexity index is 431. The fourth-order valence-corrected chi connectivity index (χ4v) is 2.92. The van der Waals surface area contributed by atoms with Crippen molar-refractivity contribution in [3.63, 3.8) is 0 Å². The van der Waals surface area contributed by atoms with Crippen LogP contribution in [0, 0.1) is 0 Å². The van der Waals surface area contributed by atoms with E-state index in [4.69, 9.17) is 5.84 Å². The highest BCUT2D eigenvalue weighted by Crippen LogP contribution is 2.33. The van der Waals surface area contributed by atoms with Crippen molar-refractivity contribution in [2.45, 2.75) is 57.3 Å². The molecule has 0 unspecified atom stereocenters. The molecule has 1 amide bonds. The minimum absolute atomic E-state index is 0.155. The number of rotatable bonds is 3. The highest BCUT2D eigenvalue weighted by atomic mass is 16.2. The molecule has 3 N–H and O–H groups in total. The van der Waals surface area contributed by atoms with Crippen molar-refractivity contribution in [1.29, 1.82) is 0 Å². The number of hydrogen-bond donors (Lipinski definition) is 2. The molecular formula is C16H24N2O. The smallest absolute Gasteiger partial charge is 0.243 e. The zero-order valence-corrected chi connectivity index (χ0v) is 11.9. The third-order valence-electron chi connectivity index (χ3n) is 4.41. The first-order valence-corrected chi connectivity index (χ1v) is 7.17. The molecule has 0 atom stereocenters. The normalized spacial score (nSPS) is 17.2. The van der Waals surface area contributed by atoms with Crippen molar-refractivity contribution in [2.75, 3.05) is 0 Å². The zero-order chi connectivity index (χ0) is 13.9. The summed E-state index contributed by atoms with van der Waals surface area (Å²) < 4.78 is 0. The molecular weight excluding hydrogens is 236 g/mol. The first-order valence-electron chi connectivity index (χ1n) is 7.17. The van der Waals surface area contributed by atoms with Crippen LogP contribution in [0.4, 0.5) is 0 Å². The van der Waals surface area contributed by atoms with Crippen molar-refractivity contribution in [1.82, 2.24) is 5.43 Å². The molecule has 0 saturated heterocycles. The van der Waals surface area contributed by atoms with Crippen LogP contribution in [0.15, 0.2) is 24.3 Å². The molecule has 1 aliphatic rings. The van der Waals surface area contributed by atoms with E-state index in [9.17, 15) is 4.79 Å². The molecule has 0 aromatic heterocycles. The van der Waals surface area contributed by atoms with E-state index in [1.807, 2.05) is 13.8 Å². The lowest BCUT2D eigenvalue weighted by molar-refractivity contribution is -0.125. The molecule has 1 aromatic rings. The molecule has 104 valence electrons. The lowest BCUT2D eigenvalue weighted by Crippen LogP contribution is -2.43. The van der Waals surface area contributed by atoms with Gasteiger partial charge in [0.25, 0.3) is 0 Å². The summed E-state index contributed by atoms with van der Waals surface area (Å²) in [6.45, 7) is 3.79. The quantitative estimate of drug-likeness (QED) is 0.498. The molecule has 1 aromatic carbocycles. The van der Waals surface area contributed by atoms with Crippen molar-refractivity contribution < 1.29 is 4.79 Å². The Labute approximate surface area is 115 Å². The fourth-order valence-electron chi connectivity index (χ4n) is 2.92. The summed E-state index contributed by atoms with van der Waals surface area (Å²) in [6, 6.07) is 8.49. The number of amides is 1. The van der Waals surface area contributed by atoms with E-state index in [0.717, 1.165) is 5.56 Å². The molecule has 3 nitrogen and oxygen atoms in total. The molecule has 1 saturated carbocycles. The predicted molar refractivity (Wildman–Crippen MR) is 77.6 cm³/mol. The summed E-state index contributed by atoms with van der Waals surface area (Å²) >= 11 is 0. The Morgan fingerprint density at radius 3 is 2.26 bits per heavy atom. The van der Waals surface area contributed by atoms with E-state index < -0.39 is 5.41 Å². The van der Waals surface area contributed by atoms with Gasteiger partial charge in [0, 0.05) is 0 Å². The summed E-state index contributed by atoms with van der Waals surface area (Å²) in [5.74, 6) is 5.79. The maximum Gasteiger partial charge on any atom is 0.243 e. The van der Waals surface area contributed by atoms with Gasteiger partial charge in [-0.15, -0.1) is 0 Å². The first-order chi connectivity index (χ1) is 9.05. The molecule has 0 aliphatic heterocycles. The van der Waals surface area contributed by atoms with Gasteiger partial charge in [-0.3, -0.25) is 10.2 Å². The van der Waals surface area contributed by atoms with Crippen LogP contribution in [0.5, 0.6) is 0 Å². The number of carbonyl (C=O) groups excluding carboxylic acids is 1. The lowest BCUT2D eigenvalue weighted by Gasteiger charge is -2.25. The van der Waals surface area contributed by atoms with Gasteiger partial charge in [-0.25, -0.2) is 5.84 Å². The molecule has 1 fully saturated rings. The minimum Gasteiger partial charge on any atom is -0.294 e. The van der Waals surface area contributed by atoms with E-state index in [-0.39, 0.29) is 5.91 Å². The van der Waals surface area contributed by atoms with Gasteiger partial charge in [-0.1, -0.05) is 43.5 Å². The van der Waals surface area contributed by atoms with Crippen LogP contribution in [0.2, 0.25) is 0 Å². The minimum atomic E-state index is -0.583. The molecule has 0 spiro atoms. The van der Waals surface area contributed by atoms with Gasteiger partial charge in [0.1, 0.15) is 0 Å². The summed E-state index contributed by atoms with van der Waals surface area (Å²) in [4.78, 5) is 11.8. The average molecular weight is 260 g/mol. The second-order valence-corrected chi connectivity index (χ2v) is 6.06. The number of benzene rings is 1. The van der Waals surface area contributed by atoms with Gasteiger partial charge in [0.2, 0.25) is 5.91 Å². The Morgan fingerprint density at radius 2 is 1.74 bits per heavy atom. The highest BCUT2D eigenvalue weighted by molar-refractivity contribution is 5.86. The standard InChI is InChI=1S/C16H24N2O/c1-16(2,15(19)18-17)14-10-8-13(9-11-14)12-6-4-3-5-7-12/h8-12H,3-7,17H2,1-2H3,(H,18,19). The van der Waals surface area contributed by atoms with Crippen LogP contribution in [-0.2, 0) is 10.2 Å². The van der Waals surface area contributed by atoms with Gasteiger partial charge in [0.05, 0.1) is 5.41 Å². The van der Waals surface area contributed by atoms with Gasteiger partial charge < -0.3 is 0 Å². The Hall–Kier alpha value is -1.35. The van der Waals surface area contributed by atoms with Crippen LogP contribution in [0.3, 0.4) is 0 Å². The van der Waals surface area contributed by atoms with Crippen molar-refractivity contribution in [3.05, 3.63) is 35.4 Å². The van der Waals surface area contributed by atoms with Crippen molar-refractivity contribution in [2.24, 2.45) is 5.84 Å². The molecule has 1 aliphatic carbocycles. The summed E-state index contributed by atoms with van der Waals surface area (Å²) in [6.07, 6.45) is 6.65. The second kappa shape index (κ2) is 5.74. The molecule has 0 bridgehead atoms. The summed E-state index contributed by atoms with van der Waals surface area (Å²) in [7, 11) is 0. The topological polar surface area (TPSA) is 55.1 Å². The molecule has 0 radical (unpaired) electrons. The average Bonchev–Trinajstić information content (AvgIpc) is 2.47. The van der Waals surface area contributed by atoms with Crippen LogP contribution in [0.25, 0.3) is 0 Å². The maximum absolute atomic E-state index is 11.8. The van der Waals surface area contributed by atoms with E-state index >= 15 is 0 Å². The van der Waals surface area contributed by atoms with Crippen LogP contribution in [0.1, 0.15) is 63.0 Å². The molecule has 3 heteroatoms. The van der Waals surface area contributed by atoms with Gasteiger partial charge in [-0.05, 0) is 43.7 Å². The Balaban J connectivity index is 2.15. The second-order valence-electron chi connectivity index (χ2n) is 6.06. The third-order valence-corrected chi connectivity index (χ3v) is 4.41. The number of nitrogens with one attached hydrogen (secondary N) is 1. The van der Waals surface area contributed by atoms with Gasteiger partial charge in [-0.2, -0.15) is 0 Å². The van der Waals surface area contributed by atoms with Gasteiger partial charge in [0.15, 0.2) is 0 Å². The molecule has 2 rings (SSSR count). The van der Waals surface area contributed by atoms with Crippen LogP contribution < -0.4 is 11.3 Å². The maximum atomic E-state index is 11.8. The van der Waals surface area contributed by atoms with Gasteiger partial charge >= 0.3 is 0 Å². The zero-order valence-electron chi connectivity index (χ0n) is 11.9. The number of hydrogen-bond acceptors (Lipinski definition) is 2. The summed E-state index contributed by atoms with van der Waals surface area (Å²) in [5, 5.41) is 0. The molecule has 0 heterocycles. The highest BCUT2D eigenvalue weighted by Gasteiger charge is 2.29. The van der Waals surface area contributed by atoms with E-state index in [2.05, 4.69) is 29.7 Å².